The monoisotopic (exact) mass is 349 g/mol. The van der Waals surface area contributed by atoms with Crippen LogP contribution in [-0.4, -0.2) is 6.54 Å². The molecule has 0 saturated carbocycles. The van der Waals surface area contributed by atoms with Crippen molar-refractivity contribution in [1.82, 2.24) is 5.32 Å². The molecule has 1 aliphatic rings. The fraction of sp³-hybridized carbons (Fsp3) is 0.294. The van der Waals surface area contributed by atoms with Gasteiger partial charge < -0.3 is 10.1 Å². The molecule has 1 heterocycles. The maximum absolute atomic E-state index is 14.3. The summed E-state index contributed by atoms with van der Waals surface area (Å²) in [5.41, 5.74) is 4.13. The number of rotatable bonds is 4. The minimum Gasteiger partial charge on any atom is -0.372 e. The molecule has 2 aromatic rings. The van der Waals surface area contributed by atoms with Crippen LogP contribution in [0.2, 0.25) is 0 Å². The molecule has 1 aliphatic heterocycles. The summed E-state index contributed by atoms with van der Waals surface area (Å²) in [6, 6.07) is 11.2. The van der Waals surface area contributed by atoms with Crippen LogP contribution in [0.3, 0.4) is 0 Å². The average Bonchev–Trinajstić information content (AvgIpc) is 2.93. The third-order valence-electron chi connectivity index (χ3n) is 3.78. The van der Waals surface area contributed by atoms with Gasteiger partial charge in [-0.05, 0) is 35.4 Å². The molecule has 2 nitrogen and oxygen atoms in total. The molecule has 1 unspecified atom stereocenters. The second-order valence-corrected chi connectivity index (χ2v) is 6.00. The minimum atomic E-state index is -0.202. The summed E-state index contributed by atoms with van der Waals surface area (Å²) in [4.78, 5) is 0. The Kier molecular flexibility index (Phi) is 4.38. The maximum atomic E-state index is 14.3. The zero-order valence-electron chi connectivity index (χ0n) is 11.8. The van der Waals surface area contributed by atoms with E-state index < -0.39 is 0 Å². The molecule has 0 bridgehead atoms. The largest absolute Gasteiger partial charge is 0.372 e. The van der Waals surface area contributed by atoms with Gasteiger partial charge in [-0.3, -0.25) is 0 Å². The molecule has 0 saturated heterocycles. The highest BCUT2D eigenvalue weighted by Gasteiger charge is 2.21. The predicted octanol–water partition coefficient (Wildman–Crippen LogP) is 4.32. The number of benzene rings is 2. The average molecular weight is 350 g/mol. The van der Waals surface area contributed by atoms with E-state index in [0.29, 0.717) is 18.8 Å². The summed E-state index contributed by atoms with van der Waals surface area (Å²) < 4.78 is 20.5. The molecule has 4 heteroatoms. The molecule has 2 aromatic carbocycles. The van der Waals surface area contributed by atoms with Crippen molar-refractivity contribution in [2.24, 2.45) is 0 Å². The van der Waals surface area contributed by atoms with E-state index in [0.717, 1.165) is 16.6 Å². The number of fused-ring (bicyclic) bond motifs is 1. The molecule has 0 spiro atoms. The van der Waals surface area contributed by atoms with Crippen molar-refractivity contribution < 1.29 is 9.13 Å². The number of hydrogen-bond donors (Lipinski definition) is 1. The lowest BCUT2D eigenvalue weighted by Crippen LogP contribution is -2.23. The standard InChI is InChI=1S/C17H17BrFNO/c1-2-20-17(16-14(18)4-3-5-15(16)19)11-6-7-12-9-21-10-13(12)8-11/h3-8,17,20H,2,9-10H2,1H3. The van der Waals surface area contributed by atoms with Crippen LogP contribution in [0.4, 0.5) is 4.39 Å². The molecule has 0 aromatic heterocycles. The van der Waals surface area contributed by atoms with Gasteiger partial charge in [0.25, 0.3) is 0 Å². The van der Waals surface area contributed by atoms with Gasteiger partial charge in [0.15, 0.2) is 0 Å². The first-order valence-corrected chi connectivity index (χ1v) is 7.86. The van der Waals surface area contributed by atoms with Crippen molar-refractivity contribution >= 4 is 15.9 Å². The van der Waals surface area contributed by atoms with Crippen LogP contribution in [0.15, 0.2) is 40.9 Å². The molecule has 0 fully saturated rings. The summed E-state index contributed by atoms with van der Waals surface area (Å²) >= 11 is 3.47. The molecule has 3 rings (SSSR count). The smallest absolute Gasteiger partial charge is 0.129 e. The summed E-state index contributed by atoms with van der Waals surface area (Å²) in [7, 11) is 0. The Labute approximate surface area is 132 Å². The molecule has 110 valence electrons. The molecule has 0 aliphatic carbocycles. The Morgan fingerprint density at radius 3 is 2.81 bits per heavy atom. The van der Waals surface area contributed by atoms with Crippen molar-refractivity contribution in [3.8, 4) is 0 Å². The lowest BCUT2D eigenvalue weighted by molar-refractivity contribution is 0.134. The van der Waals surface area contributed by atoms with Crippen molar-refractivity contribution in [3.63, 3.8) is 0 Å². The van der Waals surface area contributed by atoms with Crippen LogP contribution in [0.5, 0.6) is 0 Å². The fourth-order valence-electron chi connectivity index (χ4n) is 2.75. The zero-order valence-corrected chi connectivity index (χ0v) is 13.4. The first-order chi connectivity index (χ1) is 10.2. The molecular formula is C17H17BrFNO. The first kappa shape index (κ1) is 14.7. The van der Waals surface area contributed by atoms with Gasteiger partial charge in [0, 0.05) is 10.0 Å². The van der Waals surface area contributed by atoms with E-state index in [2.05, 4.69) is 39.4 Å². The van der Waals surface area contributed by atoms with Gasteiger partial charge in [0.05, 0.1) is 19.3 Å². The Hall–Kier alpha value is -1.23. The molecule has 0 amide bonds. The van der Waals surface area contributed by atoms with E-state index in [1.54, 1.807) is 6.07 Å². The van der Waals surface area contributed by atoms with Crippen LogP contribution in [-0.2, 0) is 18.0 Å². The van der Waals surface area contributed by atoms with Crippen molar-refractivity contribution in [2.75, 3.05) is 6.54 Å². The highest BCUT2D eigenvalue weighted by molar-refractivity contribution is 9.10. The number of nitrogens with one attached hydrogen (secondary N) is 1. The second-order valence-electron chi connectivity index (χ2n) is 5.15. The number of ether oxygens (including phenoxy) is 1. The normalized spacial score (nSPS) is 15.0. The molecular weight excluding hydrogens is 333 g/mol. The van der Waals surface area contributed by atoms with Crippen LogP contribution >= 0.6 is 15.9 Å². The van der Waals surface area contributed by atoms with Gasteiger partial charge in [-0.1, -0.05) is 47.1 Å². The number of hydrogen-bond acceptors (Lipinski definition) is 2. The lowest BCUT2D eigenvalue weighted by atomic mass is 9.95. The predicted molar refractivity (Wildman–Crippen MR) is 84.6 cm³/mol. The Morgan fingerprint density at radius 2 is 2.05 bits per heavy atom. The highest BCUT2D eigenvalue weighted by Crippen LogP contribution is 2.33. The van der Waals surface area contributed by atoms with E-state index >= 15 is 0 Å². The van der Waals surface area contributed by atoms with Crippen LogP contribution < -0.4 is 5.32 Å². The van der Waals surface area contributed by atoms with Gasteiger partial charge in [-0.25, -0.2) is 4.39 Å². The van der Waals surface area contributed by atoms with Gasteiger partial charge >= 0.3 is 0 Å². The maximum Gasteiger partial charge on any atom is 0.129 e. The summed E-state index contributed by atoms with van der Waals surface area (Å²) in [5, 5.41) is 3.38. The van der Waals surface area contributed by atoms with Crippen LogP contribution in [0.1, 0.15) is 35.2 Å². The highest BCUT2D eigenvalue weighted by atomic mass is 79.9. The van der Waals surface area contributed by atoms with Crippen LogP contribution in [0.25, 0.3) is 0 Å². The van der Waals surface area contributed by atoms with E-state index in [1.165, 1.54) is 17.2 Å². The molecule has 1 N–H and O–H groups in total. The summed E-state index contributed by atoms with van der Waals surface area (Å²) in [6.45, 7) is 4.10. The van der Waals surface area contributed by atoms with Crippen molar-refractivity contribution in [2.45, 2.75) is 26.2 Å². The molecule has 21 heavy (non-hydrogen) atoms. The van der Waals surface area contributed by atoms with E-state index in [4.69, 9.17) is 4.74 Å². The van der Waals surface area contributed by atoms with E-state index in [1.807, 2.05) is 13.0 Å². The Morgan fingerprint density at radius 1 is 1.24 bits per heavy atom. The van der Waals surface area contributed by atoms with Gasteiger partial charge in [0.2, 0.25) is 0 Å². The lowest BCUT2D eigenvalue weighted by Gasteiger charge is -2.21. The van der Waals surface area contributed by atoms with Crippen molar-refractivity contribution in [1.29, 1.82) is 0 Å². The van der Waals surface area contributed by atoms with E-state index in [9.17, 15) is 4.39 Å². The first-order valence-electron chi connectivity index (χ1n) is 7.07. The van der Waals surface area contributed by atoms with E-state index in [-0.39, 0.29) is 11.9 Å². The fourth-order valence-corrected chi connectivity index (χ4v) is 3.32. The molecule has 1 atom stereocenters. The zero-order chi connectivity index (χ0) is 14.8. The Balaban J connectivity index is 2.06. The quantitative estimate of drug-likeness (QED) is 0.887. The number of halogens is 2. The Bertz CT molecular complexity index is 639. The SMILES string of the molecule is CCNC(c1ccc2c(c1)COC2)c1c(F)cccc1Br. The van der Waals surface area contributed by atoms with Crippen LogP contribution in [0, 0.1) is 5.82 Å². The minimum absolute atomic E-state index is 0.170. The van der Waals surface area contributed by atoms with Gasteiger partial charge in [-0.2, -0.15) is 0 Å². The molecule has 0 radical (unpaired) electrons. The third-order valence-corrected chi connectivity index (χ3v) is 4.47. The summed E-state index contributed by atoms with van der Waals surface area (Å²) in [5.74, 6) is -0.202. The van der Waals surface area contributed by atoms with Gasteiger partial charge in [-0.15, -0.1) is 0 Å². The second kappa shape index (κ2) is 6.26. The third kappa shape index (κ3) is 2.89. The summed E-state index contributed by atoms with van der Waals surface area (Å²) in [6.07, 6.45) is 0. The van der Waals surface area contributed by atoms with Crippen molar-refractivity contribution in [3.05, 3.63) is 68.9 Å². The topological polar surface area (TPSA) is 21.3 Å². The van der Waals surface area contributed by atoms with Gasteiger partial charge in [0.1, 0.15) is 5.82 Å².